The summed E-state index contributed by atoms with van der Waals surface area (Å²) in [4.78, 5) is 0. The van der Waals surface area contributed by atoms with E-state index >= 15 is 0 Å². The van der Waals surface area contributed by atoms with E-state index in [1.165, 1.54) is 6.07 Å². The summed E-state index contributed by atoms with van der Waals surface area (Å²) >= 11 is 0. The molecule has 3 heteroatoms. The van der Waals surface area contributed by atoms with Crippen LogP contribution in [0.25, 0.3) is 0 Å². The van der Waals surface area contributed by atoms with Crippen molar-refractivity contribution in [2.45, 2.75) is 25.5 Å². The Hall–Kier alpha value is -1.87. The maximum atomic E-state index is 13.7. The van der Waals surface area contributed by atoms with Gasteiger partial charge in [-0.25, -0.2) is 4.39 Å². The first kappa shape index (κ1) is 12.2. The molecule has 1 aliphatic carbocycles. The van der Waals surface area contributed by atoms with Crippen molar-refractivity contribution >= 4 is 5.69 Å². The predicted octanol–water partition coefficient (Wildman–Crippen LogP) is 3.42. The van der Waals surface area contributed by atoms with Crippen molar-refractivity contribution in [3.05, 3.63) is 65.0 Å². The van der Waals surface area contributed by atoms with Crippen LogP contribution in [-0.4, -0.2) is 5.11 Å². The molecule has 1 unspecified atom stereocenters. The van der Waals surface area contributed by atoms with Crippen LogP contribution in [0.2, 0.25) is 0 Å². The van der Waals surface area contributed by atoms with E-state index in [-0.39, 0.29) is 18.5 Å². The van der Waals surface area contributed by atoms with Gasteiger partial charge in [-0.05, 0) is 47.7 Å². The summed E-state index contributed by atoms with van der Waals surface area (Å²) < 4.78 is 13.7. The highest BCUT2D eigenvalue weighted by Gasteiger charge is 2.24. The van der Waals surface area contributed by atoms with Crippen molar-refractivity contribution < 1.29 is 9.50 Å². The van der Waals surface area contributed by atoms with Crippen molar-refractivity contribution in [1.82, 2.24) is 0 Å². The Labute approximate surface area is 111 Å². The van der Waals surface area contributed by atoms with Gasteiger partial charge in [0.25, 0.3) is 0 Å². The second-order valence-electron chi connectivity index (χ2n) is 4.90. The first-order valence-corrected chi connectivity index (χ1v) is 6.51. The summed E-state index contributed by atoms with van der Waals surface area (Å²) in [7, 11) is 0. The van der Waals surface area contributed by atoms with Crippen molar-refractivity contribution in [2.24, 2.45) is 0 Å². The molecule has 98 valence electrons. The molecule has 1 atom stereocenters. The first-order chi connectivity index (χ1) is 9.28. The molecule has 0 aliphatic heterocycles. The number of aliphatic hydroxyl groups excluding tert-OH is 1. The summed E-state index contributed by atoms with van der Waals surface area (Å²) in [6.07, 6.45) is 1.68. The number of nitrogens with one attached hydrogen (secondary N) is 1. The van der Waals surface area contributed by atoms with Gasteiger partial charge in [0.05, 0.1) is 12.6 Å². The van der Waals surface area contributed by atoms with E-state index in [9.17, 15) is 4.39 Å². The zero-order chi connectivity index (χ0) is 13.2. The molecule has 0 heterocycles. The van der Waals surface area contributed by atoms with Gasteiger partial charge in [0.15, 0.2) is 0 Å². The van der Waals surface area contributed by atoms with E-state index in [4.69, 9.17) is 5.11 Å². The third-order valence-electron chi connectivity index (χ3n) is 3.66. The third-order valence-corrected chi connectivity index (χ3v) is 3.66. The van der Waals surface area contributed by atoms with E-state index in [1.807, 2.05) is 30.3 Å². The SMILES string of the molecule is OCc1cccc(NC2CCc3c(F)cccc32)c1. The molecular formula is C16H16FNO. The lowest BCUT2D eigenvalue weighted by Crippen LogP contribution is -2.07. The molecule has 2 aromatic carbocycles. The summed E-state index contributed by atoms with van der Waals surface area (Å²) in [6, 6.07) is 13.1. The van der Waals surface area contributed by atoms with Crippen LogP contribution in [0.15, 0.2) is 42.5 Å². The van der Waals surface area contributed by atoms with Gasteiger partial charge < -0.3 is 10.4 Å². The molecule has 0 saturated heterocycles. The molecular weight excluding hydrogens is 241 g/mol. The summed E-state index contributed by atoms with van der Waals surface area (Å²) in [5.41, 5.74) is 3.73. The molecule has 0 radical (unpaired) electrons. The predicted molar refractivity (Wildman–Crippen MR) is 73.4 cm³/mol. The number of rotatable bonds is 3. The molecule has 0 fully saturated rings. The third kappa shape index (κ3) is 2.34. The number of aliphatic hydroxyl groups is 1. The largest absolute Gasteiger partial charge is 0.392 e. The highest BCUT2D eigenvalue weighted by molar-refractivity contribution is 5.50. The number of benzene rings is 2. The van der Waals surface area contributed by atoms with Crippen LogP contribution in [0.1, 0.15) is 29.2 Å². The Balaban J connectivity index is 1.84. The number of hydrogen-bond donors (Lipinski definition) is 2. The topological polar surface area (TPSA) is 32.3 Å². The Kier molecular flexibility index (Phi) is 3.22. The maximum Gasteiger partial charge on any atom is 0.126 e. The Morgan fingerprint density at radius 1 is 1.21 bits per heavy atom. The van der Waals surface area contributed by atoms with Crippen molar-refractivity contribution in [2.75, 3.05) is 5.32 Å². The molecule has 0 amide bonds. The van der Waals surface area contributed by atoms with Gasteiger partial charge in [-0.15, -0.1) is 0 Å². The van der Waals surface area contributed by atoms with Gasteiger partial charge in [0, 0.05) is 5.69 Å². The van der Waals surface area contributed by atoms with Crippen LogP contribution in [0.5, 0.6) is 0 Å². The van der Waals surface area contributed by atoms with E-state index in [0.29, 0.717) is 0 Å². The molecule has 0 spiro atoms. The Morgan fingerprint density at radius 2 is 2.05 bits per heavy atom. The highest BCUT2D eigenvalue weighted by atomic mass is 19.1. The van der Waals surface area contributed by atoms with Gasteiger partial charge in [0.1, 0.15) is 5.82 Å². The highest BCUT2D eigenvalue weighted by Crippen LogP contribution is 2.35. The second-order valence-corrected chi connectivity index (χ2v) is 4.90. The molecule has 3 rings (SSSR count). The molecule has 2 aromatic rings. The molecule has 0 aromatic heterocycles. The summed E-state index contributed by atoms with van der Waals surface area (Å²) in [6.45, 7) is 0.0331. The van der Waals surface area contributed by atoms with Gasteiger partial charge in [-0.2, -0.15) is 0 Å². The fourth-order valence-corrected chi connectivity index (χ4v) is 2.72. The minimum absolute atomic E-state index is 0.0331. The molecule has 19 heavy (non-hydrogen) atoms. The zero-order valence-corrected chi connectivity index (χ0v) is 10.6. The van der Waals surface area contributed by atoms with Crippen LogP contribution < -0.4 is 5.32 Å². The first-order valence-electron chi connectivity index (χ1n) is 6.51. The van der Waals surface area contributed by atoms with E-state index in [0.717, 1.165) is 35.2 Å². The summed E-state index contributed by atoms with van der Waals surface area (Å²) in [5.74, 6) is -0.106. The maximum absolute atomic E-state index is 13.7. The number of hydrogen-bond acceptors (Lipinski definition) is 2. The van der Waals surface area contributed by atoms with Crippen LogP contribution in [-0.2, 0) is 13.0 Å². The number of fused-ring (bicyclic) bond motifs is 1. The van der Waals surface area contributed by atoms with Gasteiger partial charge in [-0.1, -0.05) is 24.3 Å². The van der Waals surface area contributed by atoms with Crippen molar-refractivity contribution in [3.63, 3.8) is 0 Å². The van der Waals surface area contributed by atoms with E-state index in [2.05, 4.69) is 5.32 Å². The monoisotopic (exact) mass is 257 g/mol. The van der Waals surface area contributed by atoms with Crippen molar-refractivity contribution in [1.29, 1.82) is 0 Å². The van der Waals surface area contributed by atoms with Crippen LogP contribution in [0.3, 0.4) is 0 Å². The quantitative estimate of drug-likeness (QED) is 0.883. The second kappa shape index (κ2) is 5.02. The standard InChI is InChI=1S/C16H16FNO/c17-15-6-2-5-14-13(15)7-8-16(14)18-12-4-1-3-11(9-12)10-19/h1-6,9,16,18-19H,7-8,10H2. The lowest BCUT2D eigenvalue weighted by Gasteiger charge is -2.16. The average molecular weight is 257 g/mol. The van der Waals surface area contributed by atoms with Gasteiger partial charge in [0.2, 0.25) is 0 Å². The fraction of sp³-hybridized carbons (Fsp3) is 0.250. The van der Waals surface area contributed by atoms with Crippen LogP contribution in [0.4, 0.5) is 10.1 Å². The van der Waals surface area contributed by atoms with Crippen molar-refractivity contribution in [3.8, 4) is 0 Å². The minimum atomic E-state index is -0.106. The number of anilines is 1. The van der Waals surface area contributed by atoms with E-state index in [1.54, 1.807) is 6.07 Å². The lowest BCUT2D eigenvalue weighted by atomic mass is 10.1. The van der Waals surface area contributed by atoms with Gasteiger partial charge in [-0.3, -0.25) is 0 Å². The molecule has 2 N–H and O–H groups in total. The van der Waals surface area contributed by atoms with Gasteiger partial charge >= 0.3 is 0 Å². The number of halogens is 1. The molecule has 1 aliphatic rings. The molecule has 0 saturated carbocycles. The minimum Gasteiger partial charge on any atom is -0.392 e. The average Bonchev–Trinajstić information content (AvgIpc) is 2.84. The summed E-state index contributed by atoms with van der Waals surface area (Å²) in [5, 5.41) is 12.6. The van der Waals surface area contributed by atoms with E-state index < -0.39 is 0 Å². The lowest BCUT2D eigenvalue weighted by molar-refractivity contribution is 0.282. The zero-order valence-electron chi connectivity index (χ0n) is 10.6. The normalized spacial score (nSPS) is 17.3. The molecule has 0 bridgehead atoms. The molecule has 2 nitrogen and oxygen atoms in total. The smallest absolute Gasteiger partial charge is 0.126 e. The Morgan fingerprint density at radius 3 is 2.89 bits per heavy atom. The van der Waals surface area contributed by atoms with Crippen LogP contribution >= 0.6 is 0 Å². The fourth-order valence-electron chi connectivity index (χ4n) is 2.72. The Bertz CT molecular complexity index is 597. The van der Waals surface area contributed by atoms with Crippen LogP contribution in [0, 0.1) is 5.82 Å².